The summed E-state index contributed by atoms with van der Waals surface area (Å²) in [6.45, 7) is 0.750. The Bertz CT molecular complexity index is 705. The summed E-state index contributed by atoms with van der Waals surface area (Å²) in [6, 6.07) is -0.592. The van der Waals surface area contributed by atoms with Gasteiger partial charge in [-0.25, -0.2) is 4.79 Å². The number of aromatic nitrogens is 2. The summed E-state index contributed by atoms with van der Waals surface area (Å²) in [4.78, 5) is 27.0. The lowest BCUT2D eigenvalue weighted by atomic mass is 10.1. The molecule has 10 heteroatoms. The van der Waals surface area contributed by atoms with Crippen molar-refractivity contribution < 1.29 is 14.9 Å². The number of rotatable bonds is 5. The predicted molar refractivity (Wildman–Crippen MR) is 75.3 cm³/mol. The first-order valence-corrected chi connectivity index (χ1v) is 6.77. The highest BCUT2D eigenvalue weighted by atomic mass is 16.5. The third-order valence-corrected chi connectivity index (χ3v) is 3.58. The Morgan fingerprint density at radius 3 is 2.82 bits per heavy atom. The van der Waals surface area contributed by atoms with Gasteiger partial charge in [0, 0.05) is 23.1 Å². The Labute approximate surface area is 124 Å². The molecule has 1 aliphatic heterocycles. The van der Waals surface area contributed by atoms with E-state index in [1.807, 2.05) is 0 Å². The van der Waals surface area contributed by atoms with Gasteiger partial charge in [0.05, 0.1) is 31.9 Å². The van der Waals surface area contributed by atoms with E-state index in [4.69, 9.17) is 15.4 Å². The minimum atomic E-state index is -0.746. The highest BCUT2D eigenvalue weighted by molar-refractivity contribution is 5.04. The Kier molecular flexibility index (Phi) is 4.99. The largest absolute Gasteiger partial charge is 0.395 e. The van der Waals surface area contributed by atoms with E-state index in [0.717, 1.165) is 4.57 Å². The summed E-state index contributed by atoms with van der Waals surface area (Å²) in [7, 11) is 0. The molecule has 1 fully saturated rings. The molecule has 2 rings (SSSR count). The molecule has 1 aromatic rings. The Morgan fingerprint density at radius 2 is 2.23 bits per heavy atom. The summed E-state index contributed by atoms with van der Waals surface area (Å²) in [5.41, 5.74) is 7.76. The second-order valence-electron chi connectivity index (χ2n) is 5.00. The molecule has 0 spiro atoms. The minimum Gasteiger partial charge on any atom is -0.395 e. The smallest absolute Gasteiger partial charge is 0.333 e. The van der Waals surface area contributed by atoms with Crippen molar-refractivity contribution in [3.63, 3.8) is 0 Å². The number of hydrogen-bond donors (Lipinski definition) is 2. The van der Waals surface area contributed by atoms with Gasteiger partial charge in [0.15, 0.2) is 0 Å². The highest BCUT2D eigenvalue weighted by Gasteiger charge is 2.36. The van der Waals surface area contributed by atoms with Crippen LogP contribution in [0.3, 0.4) is 0 Å². The fourth-order valence-electron chi connectivity index (χ4n) is 2.50. The molecule has 120 valence electrons. The SMILES string of the molecule is Cc1cn([C@H]2CC(N=[N+]=[N-])[C@@H](CO)O2)c(=O)n(CCO)c1=O. The molecule has 0 radical (unpaired) electrons. The van der Waals surface area contributed by atoms with Gasteiger partial charge in [0.2, 0.25) is 0 Å². The van der Waals surface area contributed by atoms with Crippen molar-refractivity contribution in [2.24, 2.45) is 5.11 Å². The van der Waals surface area contributed by atoms with Crippen molar-refractivity contribution in [2.45, 2.75) is 38.3 Å². The zero-order chi connectivity index (χ0) is 16.3. The molecular formula is C12H17N5O5. The molecule has 0 aliphatic carbocycles. The third-order valence-electron chi connectivity index (χ3n) is 3.58. The van der Waals surface area contributed by atoms with E-state index in [1.165, 1.54) is 10.8 Å². The molecule has 2 N–H and O–H groups in total. The van der Waals surface area contributed by atoms with Crippen LogP contribution in [0.1, 0.15) is 18.2 Å². The van der Waals surface area contributed by atoms with Crippen molar-refractivity contribution in [3.05, 3.63) is 43.0 Å². The molecule has 0 aromatic carbocycles. The normalized spacial score (nSPS) is 24.2. The topological polar surface area (TPSA) is 142 Å². The van der Waals surface area contributed by atoms with E-state index in [1.54, 1.807) is 6.92 Å². The number of azide groups is 1. The number of ether oxygens (including phenoxy) is 1. The Hall–Kier alpha value is -2.13. The van der Waals surface area contributed by atoms with Crippen LogP contribution in [0.5, 0.6) is 0 Å². The maximum atomic E-state index is 12.3. The summed E-state index contributed by atoms with van der Waals surface area (Å²) in [5, 5.41) is 21.8. The lowest BCUT2D eigenvalue weighted by Crippen LogP contribution is -2.42. The Balaban J connectivity index is 2.44. The molecule has 1 aromatic heterocycles. The van der Waals surface area contributed by atoms with Crippen LogP contribution in [-0.4, -0.2) is 44.7 Å². The molecule has 2 heterocycles. The molecular weight excluding hydrogens is 294 g/mol. The minimum absolute atomic E-state index is 0.116. The fraction of sp³-hybridized carbons (Fsp3) is 0.667. The third kappa shape index (κ3) is 2.90. The van der Waals surface area contributed by atoms with Gasteiger partial charge in [0.1, 0.15) is 6.23 Å². The van der Waals surface area contributed by atoms with Crippen molar-refractivity contribution in [1.29, 1.82) is 0 Å². The average Bonchev–Trinajstić information content (AvgIpc) is 2.90. The van der Waals surface area contributed by atoms with Crippen LogP contribution in [0.15, 0.2) is 20.9 Å². The van der Waals surface area contributed by atoms with Gasteiger partial charge in [-0.05, 0) is 12.5 Å². The van der Waals surface area contributed by atoms with Crippen LogP contribution in [0.2, 0.25) is 0 Å². The summed E-state index contributed by atoms with van der Waals surface area (Å²) >= 11 is 0. The standard InChI is InChI=1S/C12H17N5O5/c1-7-5-17(12(21)16(2-3-18)11(7)20)10-4-8(14-15-13)9(6-19)22-10/h5,8-10,18-19H,2-4,6H2,1H3/t8?,9-,10-/m1/s1. The summed E-state index contributed by atoms with van der Waals surface area (Å²) < 4.78 is 7.69. The number of nitrogens with zero attached hydrogens (tertiary/aromatic N) is 5. The molecule has 10 nitrogen and oxygen atoms in total. The molecule has 22 heavy (non-hydrogen) atoms. The van der Waals surface area contributed by atoms with Crippen LogP contribution in [0.4, 0.5) is 0 Å². The lowest BCUT2D eigenvalue weighted by Gasteiger charge is -2.17. The predicted octanol–water partition coefficient (Wildman–Crippen LogP) is -0.731. The fourth-order valence-corrected chi connectivity index (χ4v) is 2.50. The highest BCUT2D eigenvalue weighted by Crippen LogP contribution is 2.29. The van der Waals surface area contributed by atoms with Gasteiger partial charge in [-0.3, -0.25) is 13.9 Å². The number of aryl methyl sites for hydroxylation is 1. The maximum absolute atomic E-state index is 12.3. The van der Waals surface area contributed by atoms with Crippen LogP contribution >= 0.6 is 0 Å². The monoisotopic (exact) mass is 311 g/mol. The first-order valence-electron chi connectivity index (χ1n) is 6.77. The van der Waals surface area contributed by atoms with Crippen molar-refractivity contribution in [3.8, 4) is 0 Å². The van der Waals surface area contributed by atoms with Gasteiger partial charge in [-0.2, -0.15) is 0 Å². The van der Waals surface area contributed by atoms with Crippen molar-refractivity contribution in [2.75, 3.05) is 13.2 Å². The van der Waals surface area contributed by atoms with E-state index in [-0.39, 0.29) is 26.2 Å². The molecule has 3 atom stereocenters. The van der Waals surface area contributed by atoms with Crippen molar-refractivity contribution >= 4 is 0 Å². The van der Waals surface area contributed by atoms with Gasteiger partial charge in [-0.15, -0.1) is 0 Å². The van der Waals surface area contributed by atoms with E-state index in [2.05, 4.69) is 10.0 Å². The maximum Gasteiger partial charge on any atom is 0.333 e. The zero-order valence-corrected chi connectivity index (χ0v) is 12.0. The van der Waals surface area contributed by atoms with Crippen LogP contribution < -0.4 is 11.2 Å². The van der Waals surface area contributed by atoms with Gasteiger partial charge < -0.3 is 14.9 Å². The van der Waals surface area contributed by atoms with Gasteiger partial charge in [0.25, 0.3) is 5.56 Å². The van der Waals surface area contributed by atoms with Crippen molar-refractivity contribution in [1.82, 2.24) is 9.13 Å². The molecule has 1 aliphatic rings. The number of hydrogen-bond acceptors (Lipinski definition) is 6. The number of aliphatic hydroxyl groups excluding tert-OH is 2. The zero-order valence-electron chi connectivity index (χ0n) is 12.0. The Morgan fingerprint density at radius 1 is 1.50 bits per heavy atom. The molecule has 0 bridgehead atoms. The quantitative estimate of drug-likeness (QED) is 0.418. The van der Waals surface area contributed by atoms with Gasteiger partial charge >= 0.3 is 5.69 Å². The second kappa shape index (κ2) is 6.75. The van der Waals surface area contributed by atoms with Crippen LogP contribution in [0, 0.1) is 6.92 Å². The molecule has 0 saturated carbocycles. The van der Waals surface area contributed by atoms with E-state index >= 15 is 0 Å². The first kappa shape index (κ1) is 16.2. The van der Waals surface area contributed by atoms with E-state index < -0.39 is 29.6 Å². The van der Waals surface area contributed by atoms with Gasteiger partial charge in [-0.1, -0.05) is 5.11 Å². The van der Waals surface area contributed by atoms with Crippen LogP contribution in [0.25, 0.3) is 10.4 Å². The molecule has 1 saturated heterocycles. The van der Waals surface area contributed by atoms with E-state index in [0.29, 0.717) is 5.56 Å². The number of aliphatic hydroxyl groups is 2. The molecule has 1 unspecified atom stereocenters. The summed E-state index contributed by atoms with van der Waals surface area (Å²) in [6.07, 6.45) is 0.137. The van der Waals surface area contributed by atoms with E-state index in [9.17, 15) is 14.7 Å². The second-order valence-corrected chi connectivity index (χ2v) is 5.00. The molecule has 0 amide bonds. The van der Waals surface area contributed by atoms with Crippen LogP contribution in [-0.2, 0) is 11.3 Å². The first-order chi connectivity index (χ1) is 10.5. The lowest BCUT2D eigenvalue weighted by molar-refractivity contribution is -0.0278. The average molecular weight is 311 g/mol. The summed E-state index contributed by atoms with van der Waals surface area (Å²) in [5.74, 6) is 0.